The molecule has 1 saturated heterocycles. The predicted octanol–water partition coefficient (Wildman–Crippen LogP) is 1.28. The average Bonchev–Trinajstić information content (AvgIpc) is 3.28. The van der Waals surface area contributed by atoms with Gasteiger partial charge >= 0.3 is 5.97 Å². The Kier molecular flexibility index (Phi) is 17.8. The van der Waals surface area contributed by atoms with Crippen molar-refractivity contribution in [2.75, 3.05) is 58.5 Å². The number of unbranched alkanes of at least 4 members (excludes halogenated alkanes) is 1. The number of carbonyl (C=O) groups is 3. The Balaban J connectivity index is 1.86. The molecule has 11 heteroatoms. The van der Waals surface area contributed by atoms with Crippen molar-refractivity contribution >= 4 is 39.4 Å². The van der Waals surface area contributed by atoms with Crippen LogP contribution in [0.5, 0.6) is 0 Å². The Bertz CT molecular complexity index is 506. The molecule has 0 saturated carbocycles. The quantitative estimate of drug-likeness (QED) is 0.142. The standard InChI is InChI=1S/C20H36N2O7S2/c23-10-13-28-15-14-27-11-8-21-19(25)5-6-20(26)29-12-9-22-18(24)4-2-1-3-17-7-16-30-31-17/h17,23H,1-16H2,(H,21,25)(H,22,24). The van der Waals surface area contributed by atoms with Gasteiger partial charge in [0.05, 0.1) is 46.0 Å². The summed E-state index contributed by atoms with van der Waals surface area (Å²) in [6.45, 7) is 2.11. The number of amides is 2. The van der Waals surface area contributed by atoms with E-state index in [2.05, 4.69) is 10.6 Å². The molecule has 1 unspecified atom stereocenters. The van der Waals surface area contributed by atoms with E-state index in [0.717, 1.165) is 18.1 Å². The maximum absolute atomic E-state index is 11.8. The number of hydrogen-bond acceptors (Lipinski definition) is 9. The Morgan fingerprint density at radius 2 is 1.58 bits per heavy atom. The SMILES string of the molecule is O=C(CCCCC1CCSS1)NCCOC(=O)CCC(=O)NCCOCCOCCO. The van der Waals surface area contributed by atoms with Crippen LogP contribution in [0.4, 0.5) is 0 Å². The summed E-state index contributed by atoms with van der Waals surface area (Å²) >= 11 is 0. The number of rotatable bonds is 19. The molecular formula is C20H36N2O7S2. The van der Waals surface area contributed by atoms with Crippen molar-refractivity contribution in [1.82, 2.24) is 10.6 Å². The van der Waals surface area contributed by atoms with Crippen LogP contribution in [-0.2, 0) is 28.6 Å². The summed E-state index contributed by atoms with van der Waals surface area (Å²) in [6, 6.07) is 0. The lowest BCUT2D eigenvalue weighted by Gasteiger charge is -2.09. The van der Waals surface area contributed by atoms with Crippen LogP contribution in [0.3, 0.4) is 0 Å². The summed E-state index contributed by atoms with van der Waals surface area (Å²) in [7, 11) is 3.90. The second kappa shape index (κ2) is 19.7. The van der Waals surface area contributed by atoms with E-state index in [1.165, 1.54) is 18.6 Å². The molecule has 1 heterocycles. The zero-order valence-corrected chi connectivity index (χ0v) is 19.7. The van der Waals surface area contributed by atoms with E-state index in [0.29, 0.717) is 32.8 Å². The van der Waals surface area contributed by atoms with Crippen LogP contribution in [0.15, 0.2) is 0 Å². The average molecular weight is 481 g/mol. The van der Waals surface area contributed by atoms with E-state index in [-0.39, 0.29) is 51.0 Å². The van der Waals surface area contributed by atoms with E-state index < -0.39 is 5.97 Å². The lowest BCUT2D eigenvalue weighted by molar-refractivity contribution is -0.145. The van der Waals surface area contributed by atoms with E-state index in [4.69, 9.17) is 19.3 Å². The smallest absolute Gasteiger partial charge is 0.306 e. The van der Waals surface area contributed by atoms with Crippen molar-refractivity contribution in [3.8, 4) is 0 Å². The van der Waals surface area contributed by atoms with E-state index in [1.807, 2.05) is 21.6 Å². The minimum absolute atomic E-state index is 0.00684. The summed E-state index contributed by atoms with van der Waals surface area (Å²) in [5, 5.41) is 14.7. The van der Waals surface area contributed by atoms with Gasteiger partial charge in [0.25, 0.3) is 0 Å². The van der Waals surface area contributed by atoms with Gasteiger partial charge in [-0.3, -0.25) is 14.4 Å². The molecule has 1 fully saturated rings. The molecule has 0 aromatic rings. The third kappa shape index (κ3) is 17.2. The minimum atomic E-state index is -0.464. The number of esters is 1. The first kappa shape index (κ1) is 28.0. The molecule has 1 aliphatic rings. The zero-order chi connectivity index (χ0) is 22.6. The van der Waals surface area contributed by atoms with Crippen molar-refractivity contribution in [2.24, 2.45) is 0 Å². The fourth-order valence-electron chi connectivity index (χ4n) is 2.69. The molecule has 1 rings (SSSR count). The predicted molar refractivity (Wildman–Crippen MR) is 122 cm³/mol. The molecule has 0 spiro atoms. The fraction of sp³-hybridized carbons (Fsp3) is 0.850. The molecule has 1 atom stereocenters. The second-order valence-electron chi connectivity index (χ2n) is 6.94. The summed E-state index contributed by atoms with van der Waals surface area (Å²) in [4.78, 5) is 35.1. The van der Waals surface area contributed by atoms with Gasteiger partial charge in [0, 0.05) is 30.4 Å². The highest BCUT2D eigenvalue weighted by Crippen LogP contribution is 2.39. The third-order valence-corrected chi connectivity index (χ3v) is 7.33. The highest BCUT2D eigenvalue weighted by Gasteiger charge is 2.15. The number of aliphatic hydroxyl groups is 1. The van der Waals surface area contributed by atoms with Crippen molar-refractivity contribution in [3.05, 3.63) is 0 Å². The maximum Gasteiger partial charge on any atom is 0.306 e. The molecule has 0 bridgehead atoms. The highest BCUT2D eigenvalue weighted by molar-refractivity contribution is 8.77. The topological polar surface area (TPSA) is 123 Å². The highest BCUT2D eigenvalue weighted by atomic mass is 33.1. The van der Waals surface area contributed by atoms with E-state index in [1.54, 1.807) is 0 Å². The molecule has 0 aromatic heterocycles. The van der Waals surface area contributed by atoms with E-state index >= 15 is 0 Å². The van der Waals surface area contributed by atoms with Gasteiger partial charge in [-0.1, -0.05) is 28.0 Å². The van der Waals surface area contributed by atoms with Gasteiger partial charge in [-0.15, -0.1) is 0 Å². The first-order chi connectivity index (χ1) is 15.1. The number of hydrogen-bond donors (Lipinski definition) is 3. The van der Waals surface area contributed by atoms with Gasteiger partial charge in [-0.2, -0.15) is 0 Å². The first-order valence-corrected chi connectivity index (χ1v) is 13.2. The Hall–Kier alpha value is -1.01. The van der Waals surface area contributed by atoms with Crippen molar-refractivity contribution in [2.45, 2.75) is 50.2 Å². The minimum Gasteiger partial charge on any atom is -0.464 e. The first-order valence-electron chi connectivity index (χ1n) is 10.9. The lowest BCUT2D eigenvalue weighted by atomic mass is 10.1. The summed E-state index contributed by atoms with van der Waals surface area (Å²) in [5.41, 5.74) is 0. The van der Waals surface area contributed by atoms with Gasteiger partial charge in [-0.25, -0.2) is 0 Å². The van der Waals surface area contributed by atoms with Gasteiger partial charge in [0.15, 0.2) is 0 Å². The number of nitrogens with one attached hydrogen (secondary N) is 2. The van der Waals surface area contributed by atoms with Crippen LogP contribution in [0.1, 0.15) is 44.9 Å². The van der Waals surface area contributed by atoms with Crippen LogP contribution < -0.4 is 10.6 Å². The normalized spacial score (nSPS) is 15.6. The lowest BCUT2D eigenvalue weighted by Crippen LogP contribution is -2.29. The van der Waals surface area contributed by atoms with Crippen LogP contribution in [-0.4, -0.2) is 86.6 Å². The van der Waals surface area contributed by atoms with Gasteiger partial charge < -0.3 is 30.0 Å². The molecule has 2 amide bonds. The molecule has 9 nitrogen and oxygen atoms in total. The number of aliphatic hydroxyl groups excluding tert-OH is 1. The number of ether oxygens (including phenoxy) is 3. The Morgan fingerprint density at radius 3 is 2.29 bits per heavy atom. The van der Waals surface area contributed by atoms with E-state index in [9.17, 15) is 14.4 Å². The van der Waals surface area contributed by atoms with Crippen molar-refractivity contribution in [1.29, 1.82) is 0 Å². The summed E-state index contributed by atoms with van der Waals surface area (Å²) < 4.78 is 15.3. The monoisotopic (exact) mass is 480 g/mol. The molecule has 31 heavy (non-hydrogen) atoms. The van der Waals surface area contributed by atoms with Crippen molar-refractivity contribution in [3.63, 3.8) is 0 Å². The number of carbonyl (C=O) groups excluding carboxylic acids is 3. The van der Waals surface area contributed by atoms with Gasteiger partial charge in [-0.05, 0) is 19.3 Å². The third-order valence-electron chi connectivity index (χ3n) is 4.33. The van der Waals surface area contributed by atoms with Gasteiger partial charge in [0.1, 0.15) is 6.61 Å². The van der Waals surface area contributed by atoms with Crippen LogP contribution in [0, 0.1) is 0 Å². The van der Waals surface area contributed by atoms with Crippen molar-refractivity contribution < 1.29 is 33.7 Å². The fourth-order valence-corrected chi connectivity index (χ4v) is 5.72. The zero-order valence-electron chi connectivity index (χ0n) is 18.1. The molecule has 0 aromatic carbocycles. The molecular weight excluding hydrogens is 444 g/mol. The largest absolute Gasteiger partial charge is 0.464 e. The van der Waals surface area contributed by atoms with Gasteiger partial charge in [0.2, 0.25) is 11.8 Å². The second-order valence-corrected chi connectivity index (χ2v) is 9.73. The molecule has 1 aliphatic heterocycles. The molecule has 180 valence electrons. The molecule has 3 N–H and O–H groups in total. The Labute approximate surface area is 192 Å². The molecule has 0 radical (unpaired) electrons. The Morgan fingerprint density at radius 1 is 0.871 bits per heavy atom. The van der Waals surface area contributed by atoms with Crippen LogP contribution in [0.2, 0.25) is 0 Å². The summed E-state index contributed by atoms with van der Waals surface area (Å²) in [6.07, 6.45) is 4.92. The molecule has 0 aliphatic carbocycles. The maximum atomic E-state index is 11.8. The summed E-state index contributed by atoms with van der Waals surface area (Å²) in [5.74, 6) is 0.497. The van der Waals surface area contributed by atoms with Crippen LogP contribution in [0.25, 0.3) is 0 Å². The van der Waals surface area contributed by atoms with Crippen LogP contribution >= 0.6 is 21.6 Å².